The number of rotatable bonds is 5. The van der Waals surface area contributed by atoms with Gasteiger partial charge in [-0.05, 0) is 30.3 Å². The second kappa shape index (κ2) is 6.01. The average Bonchev–Trinajstić information content (AvgIpc) is 2.88. The summed E-state index contributed by atoms with van der Waals surface area (Å²) in [5.41, 5.74) is 0.342. The Morgan fingerprint density at radius 2 is 2.10 bits per heavy atom. The molecule has 0 fully saturated rings. The van der Waals surface area contributed by atoms with E-state index in [-0.39, 0.29) is 10.8 Å². The van der Waals surface area contributed by atoms with Gasteiger partial charge in [-0.25, -0.2) is 8.42 Å². The first-order valence-corrected chi connectivity index (χ1v) is 8.20. The zero-order valence-electron chi connectivity index (χ0n) is 10.5. The van der Waals surface area contributed by atoms with Crippen LogP contribution in [-0.2, 0) is 16.6 Å². The van der Waals surface area contributed by atoms with Gasteiger partial charge in [0.05, 0.1) is 24.4 Å². The van der Waals surface area contributed by atoms with Crippen LogP contribution in [0.5, 0.6) is 5.75 Å². The lowest BCUT2D eigenvalue weighted by Gasteiger charge is -2.08. The number of nitrogens with one attached hydrogen (secondary N) is 1. The van der Waals surface area contributed by atoms with E-state index in [4.69, 9.17) is 21.4 Å². The fourth-order valence-corrected chi connectivity index (χ4v) is 4.05. The molecular weight excluding hydrogens is 322 g/mol. The molecule has 0 amide bonds. The Morgan fingerprint density at radius 1 is 1.35 bits per heavy atom. The third kappa shape index (κ3) is 3.24. The van der Waals surface area contributed by atoms with Gasteiger partial charge in [0.25, 0.3) is 10.0 Å². The van der Waals surface area contributed by atoms with Gasteiger partial charge in [0.15, 0.2) is 0 Å². The highest BCUT2D eigenvalue weighted by Crippen LogP contribution is 2.29. The van der Waals surface area contributed by atoms with Crippen molar-refractivity contribution in [3.8, 4) is 5.75 Å². The molecule has 0 atom stereocenters. The van der Waals surface area contributed by atoms with Crippen molar-refractivity contribution in [3.05, 3.63) is 40.2 Å². The Bertz CT molecular complexity index is 712. The number of aliphatic hydroxyl groups is 1. The number of methoxy groups -OCH3 is 1. The Hall–Kier alpha value is -1.28. The maximum Gasteiger partial charge on any atom is 0.271 e. The van der Waals surface area contributed by atoms with Crippen LogP contribution >= 0.6 is 22.9 Å². The van der Waals surface area contributed by atoms with Gasteiger partial charge < -0.3 is 9.84 Å². The standard InChI is InChI=1S/C12H12ClNO4S2/c1-18-11-4-2-8(6-10(11)13)14-20(16,17)12-5-3-9(7-15)19-12/h2-6,14-15H,7H2,1H3. The van der Waals surface area contributed by atoms with Crippen LogP contribution in [0, 0.1) is 0 Å². The summed E-state index contributed by atoms with van der Waals surface area (Å²) in [6.45, 7) is -0.186. The molecule has 2 aromatic rings. The summed E-state index contributed by atoms with van der Waals surface area (Å²) in [4.78, 5) is 0.582. The highest BCUT2D eigenvalue weighted by molar-refractivity contribution is 7.94. The number of benzene rings is 1. The summed E-state index contributed by atoms with van der Waals surface area (Å²) in [7, 11) is -2.20. The van der Waals surface area contributed by atoms with Crippen molar-refractivity contribution in [3.63, 3.8) is 0 Å². The number of thiophene rings is 1. The lowest BCUT2D eigenvalue weighted by molar-refractivity contribution is 0.285. The maximum absolute atomic E-state index is 12.1. The molecule has 0 unspecified atom stereocenters. The van der Waals surface area contributed by atoms with E-state index in [0.717, 1.165) is 11.3 Å². The molecule has 2 rings (SSSR count). The summed E-state index contributed by atoms with van der Waals surface area (Å²) in [6, 6.07) is 7.62. The Kier molecular flexibility index (Phi) is 4.54. The second-order valence-corrected chi connectivity index (χ2v) is 7.32. The number of sulfonamides is 1. The normalized spacial score (nSPS) is 11.3. The number of halogens is 1. The quantitative estimate of drug-likeness (QED) is 0.882. The molecule has 108 valence electrons. The van der Waals surface area contributed by atoms with E-state index in [1.807, 2.05) is 0 Å². The van der Waals surface area contributed by atoms with E-state index < -0.39 is 10.0 Å². The molecule has 0 radical (unpaired) electrons. The number of hydrogen-bond donors (Lipinski definition) is 2. The van der Waals surface area contributed by atoms with E-state index in [9.17, 15) is 8.42 Å². The predicted molar refractivity (Wildman–Crippen MR) is 79.1 cm³/mol. The van der Waals surface area contributed by atoms with Gasteiger partial charge in [0.1, 0.15) is 9.96 Å². The fourth-order valence-electron chi connectivity index (χ4n) is 1.52. The maximum atomic E-state index is 12.1. The molecule has 5 nitrogen and oxygen atoms in total. The first-order chi connectivity index (χ1) is 9.46. The minimum absolute atomic E-state index is 0.133. The van der Waals surface area contributed by atoms with Gasteiger partial charge in [0, 0.05) is 4.88 Å². The summed E-state index contributed by atoms with van der Waals surface area (Å²) >= 11 is 6.95. The van der Waals surface area contributed by atoms with Crippen molar-refractivity contribution in [2.75, 3.05) is 11.8 Å². The second-order valence-electron chi connectivity index (χ2n) is 3.83. The zero-order chi connectivity index (χ0) is 14.8. The van der Waals surface area contributed by atoms with Crippen molar-refractivity contribution in [2.24, 2.45) is 0 Å². The summed E-state index contributed by atoms with van der Waals surface area (Å²) in [5.74, 6) is 0.466. The lowest BCUT2D eigenvalue weighted by atomic mass is 10.3. The molecule has 0 spiro atoms. The monoisotopic (exact) mass is 333 g/mol. The number of anilines is 1. The van der Waals surface area contributed by atoms with Crippen molar-refractivity contribution >= 4 is 38.6 Å². The van der Waals surface area contributed by atoms with Crippen LogP contribution in [0.4, 0.5) is 5.69 Å². The molecule has 8 heteroatoms. The zero-order valence-corrected chi connectivity index (χ0v) is 12.8. The predicted octanol–water partition coefficient (Wildman–Crippen LogP) is 2.70. The van der Waals surface area contributed by atoms with Gasteiger partial charge >= 0.3 is 0 Å². The smallest absolute Gasteiger partial charge is 0.271 e. The first-order valence-electron chi connectivity index (χ1n) is 5.52. The van der Waals surface area contributed by atoms with E-state index in [1.165, 1.54) is 19.2 Å². The molecule has 0 bridgehead atoms. The van der Waals surface area contributed by atoms with Gasteiger partial charge in [-0.1, -0.05) is 11.6 Å². The summed E-state index contributed by atoms with van der Waals surface area (Å²) in [5, 5.41) is 9.28. The van der Waals surface area contributed by atoms with Crippen LogP contribution in [0.15, 0.2) is 34.5 Å². The lowest BCUT2D eigenvalue weighted by Crippen LogP contribution is -2.11. The number of ether oxygens (including phenoxy) is 1. The van der Waals surface area contributed by atoms with Crippen LogP contribution < -0.4 is 9.46 Å². The van der Waals surface area contributed by atoms with Crippen LogP contribution in [0.1, 0.15) is 4.88 Å². The van der Waals surface area contributed by atoms with Gasteiger partial charge in [-0.2, -0.15) is 0 Å². The molecular formula is C12H12ClNO4S2. The van der Waals surface area contributed by atoms with E-state index in [1.54, 1.807) is 18.2 Å². The molecule has 1 heterocycles. The topological polar surface area (TPSA) is 75.6 Å². The molecule has 1 aromatic carbocycles. The highest BCUT2D eigenvalue weighted by Gasteiger charge is 2.17. The van der Waals surface area contributed by atoms with Crippen LogP contribution in [0.25, 0.3) is 0 Å². The van der Waals surface area contributed by atoms with Gasteiger partial charge in [-0.15, -0.1) is 11.3 Å². The summed E-state index contributed by atoms with van der Waals surface area (Å²) in [6.07, 6.45) is 0. The molecule has 0 aliphatic rings. The van der Waals surface area contributed by atoms with E-state index in [0.29, 0.717) is 21.3 Å². The fraction of sp³-hybridized carbons (Fsp3) is 0.167. The average molecular weight is 334 g/mol. The molecule has 0 saturated heterocycles. The molecule has 2 N–H and O–H groups in total. The Balaban J connectivity index is 2.26. The highest BCUT2D eigenvalue weighted by atomic mass is 35.5. The third-order valence-electron chi connectivity index (χ3n) is 2.46. The van der Waals surface area contributed by atoms with Crippen LogP contribution in [0.2, 0.25) is 5.02 Å². The molecule has 0 aliphatic heterocycles. The van der Waals surface area contributed by atoms with Gasteiger partial charge in [0.2, 0.25) is 0 Å². The summed E-state index contributed by atoms with van der Waals surface area (Å²) < 4.78 is 31.8. The van der Waals surface area contributed by atoms with Crippen LogP contribution in [-0.4, -0.2) is 20.6 Å². The minimum atomic E-state index is -3.68. The van der Waals surface area contributed by atoms with Gasteiger partial charge in [-0.3, -0.25) is 4.72 Å². The van der Waals surface area contributed by atoms with E-state index >= 15 is 0 Å². The molecule has 1 aromatic heterocycles. The van der Waals surface area contributed by atoms with Crippen molar-refractivity contribution in [1.29, 1.82) is 0 Å². The molecule has 0 saturated carbocycles. The van der Waals surface area contributed by atoms with Crippen LogP contribution in [0.3, 0.4) is 0 Å². The largest absolute Gasteiger partial charge is 0.495 e. The van der Waals surface area contributed by atoms with Crippen molar-refractivity contribution in [2.45, 2.75) is 10.8 Å². The Labute approximate surface area is 125 Å². The molecule has 20 heavy (non-hydrogen) atoms. The SMILES string of the molecule is COc1ccc(NS(=O)(=O)c2ccc(CO)s2)cc1Cl. The number of hydrogen-bond acceptors (Lipinski definition) is 5. The first kappa shape index (κ1) is 15.1. The Morgan fingerprint density at radius 3 is 2.65 bits per heavy atom. The minimum Gasteiger partial charge on any atom is -0.495 e. The number of aliphatic hydroxyl groups excluding tert-OH is 1. The van der Waals surface area contributed by atoms with Crippen molar-refractivity contribution in [1.82, 2.24) is 0 Å². The van der Waals surface area contributed by atoms with E-state index in [2.05, 4.69) is 4.72 Å². The van der Waals surface area contributed by atoms with Crippen molar-refractivity contribution < 1.29 is 18.3 Å². The third-order valence-corrected chi connectivity index (χ3v) is 5.70. The molecule has 0 aliphatic carbocycles.